The molecule has 0 spiro atoms. The number of likely N-dealkylation sites (tertiary alicyclic amines) is 1. The summed E-state index contributed by atoms with van der Waals surface area (Å²) in [6.45, 7) is 5.02. The first-order valence-corrected chi connectivity index (χ1v) is 10.0. The summed E-state index contributed by atoms with van der Waals surface area (Å²) in [6.07, 6.45) is -0.763. The quantitative estimate of drug-likeness (QED) is 0.595. The SMILES string of the molecule is CC(C)(C)OC(=O)NC(CNC(=O)OCc1ccccc1)C(=O)N1CCCC1C(=O)O. The summed E-state index contributed by atoms with van der Waals surface area (Å²) in [7, 11) is 0. The lowest BCUT2D eigenvalue weighted by atomic mass is 10.2. The lowest BCUT2D eigenvalue weighted by Gasteiger charge is -2.28. The largest absolute Gasteiger partial charge is 0.480 e. The van der Waals surface area contributed by atoms with Gasteiger partial charge in [-0.3, -0.25) is 4.79 Å². The number of alkyl carbamates (subject to hydrolysis) is 2. The standard InChI is InChI=1S/C21H29N3O7/c1-21(2,3)31-20(29)23-15(17(25)24-11-7-10-16(24)18(26)27)12-22-19(28)30-13-14-8-5-4-6-9-14/h4-6,8-9,15-16H,7,10-13H2,1-3H3,(H,22,28)(H,23,29)(H,26,27). The Balaban J connectivity index is 2.00. The van der Waals surface area contributed by atoms with E-state index in [0.717, 1.165) is 5.56 Å². The van der Waals surface area contributed by atoms with Crippen molar-refractivity contribution in [3.63, 3.8) is 0 Å². The molecule has 1 saturated heterocycles. The van der Waals surface area contributed by atoms with Crippen molar-refractivity contribution in [1.82, 2.24) is 15.5 Å². The minimum absolute atomic E-state index is 0.0397. The molecule has 1 aromatic rings. The molecule has 3 N–H and O–H groups in total. The van der Waals surface area contributed by atoms with Crippen LogP contribution in [0.15, 0.2) is 30.3 Å². The Kier molecular flexibility index (Phi) is 8.23. The molecule has 0 saturated carbocycles. The molecular formula is C21H29N3O7. The van der Waals surface area contributed by atoms with Gasteiger partial charge in [0.25, 0.3) is 0 Å². The Bertz CT molecular complexity index is 792. The third kappa shape index (κ3) is 7.80. The molecular weight excluding hydrogens is 406 g/mol. The maximum Gasteiger partial charge on any atom is 0.408 e. The zero-order chi connectivity index (χ0) is 23.0. The minimum atomic E-state index is -1.21. The molecule has 2 atom stereocenters. The number of carbonyl (C=O) groups is 4. The second-order valence-electron chi connectivity index (χ2n) is 8.17. The normalized spacial score (nSPS) is 16.9. The highest BCUT2D eigenvalue weighted by Gasteiger charge is 2.38. The van der Waals surface area contributed by atoms with E-state index in [2.05, 4.69) is 10.6 Å². The molecule has 1 aliphatic rings. The Morgan fingerprint density at radius 2 is 1.84 bits per heavy atom. The van der Waals surface area contributed by atoms with Crippen molar-refractivity contribution in [2.45, 2.75) is 57.9 Å². The van der Waals surface area contributed by atoms with E-state index in [9.17, 15) is 24.3 Å². The van der Waals surface area contributed by atoms with Gasteiger partial charge in [0.1, 0.15) is 24.3 Å². The van der Waals surface area contributed by atoms with Crippen LogP contribution in [-0.4, -0.2) is 64.8 Å². The predicted octanol–water partition coefficient (Wildman–Crippen LogP) is 1.88. The van der Waals surface area contributed by atoms with Crippen LogP contribution in [0.1, 0.15) is 39.2 Å². The van der Waals surface area contributed by atoms with E-state index >= 15 is 0 Å². The number of amides is 3. The summed E-state index contributed by atoms with van der Waals surface area (Å²) in [4.78, 5) is 49.8. The van der Waals surface area contributed by atoms with Gasteiger partial charge in [0, 0.05) is 6.54 Å². The predicted molar refractivity (Wildman–Crippen MR) is 110 cm³/mol. The smallest absolute Gasteiger partial charge is 0.408 e. The lowest BCUT2D eigenvalue weighted by Crippen LogP contribution is -2.56. The molecule has 2 rings (SSSR count). The number of nitrogens with one attached hydrogen (secondary N) is 2. The van der Waals surface area contributed by atoms with Crippen molar-refractivity contribution in [3.8, 4) is 0 Å². The molecule has 1 fully saturated rings. The van der Waals surface area contributed by atoms with Gasteiger partial charge >= 0.3 is 18.2 Å². The average molecular weight is 435 g/mol. The van der Waals surface area contributed by atoms with Gasteiger partial charge in [-0.1, -0.05) is 30.3 Å². The fourth-order valence-electron chi connectivity index (χ4n) is 3.10. The fourth-order valence-corrected chi connectivity index (χ4v) is 3.10. The molecule has 1 heterocycles. The first kappa shape index (κ1) is 24.0. The third-order valence-electron chi connectivity index (χ3n) is 4.47. The molecule has 0 aromatic heterocycles. The van der Waals surface area contributed by atoms with Gasteiger partial charge in [0.05, 0.1) is 6.54 Å². The summed E-state index contributed by atoms with van der Waals surface area (Å²) in [5, 5.41) is 14.2. The van der Waals surface area contributed by atoms with E-state index in [1.165, 1.54) is 4.90 Å². The molecule has 3 amide bonds. The number of hydrogen-bond donors (Lipinski definition) is 3. The Morgan fingerprint density at radius 1 is 1.16 bits per heavy atom. The second kappa shape index (κ2) is 10.6. The van der Waals surface area contributed by atoms with E-state index in [0.29, 0.717) is 12.8 Å². The molecule has 31 heavy (non-hydrogen) atoms. The number of ether oxygens (including phenoxy) is 2. The average Bonchev–Trinajstić information content (AvgIpc) is 3.18. The molecule has 2 unspecified atom stereocenters. The van der Waals surface area contributed by atoms with Crippen LogP contribution in [0.25, 0.3) is 0 Å². The summed E-state index contributed by atoms with van der Waals surface area (Å²) < 4.78 is 10.3. The fraction of sp³-hybridized carbons (Fsp3) is 0.524. The Labute approximate surface area is 180 Å². The van der Waals surface area contributed by atoms with E-state index in [-0.39, 0.29) is 19.7 Å². The van der Waals surface area contributed by atoms with Crippen LogP contribution >= 0.6 is 0 Å². The lowest BCUT2D eigenvalue weighted by molar-refractivity contribution is -0.148. The minimum Gasteiger partial charge on any atom is -0.480 e. The number of carboxylic acid groups (broad SMARTS) is 1. The summed E-state index contributed by atoms with van der Waals surface area (Å²) in [5.74, 6) is -1.73. The third-order valence-corrected chi connectivity index (χ3v) is 4.47. The van der Waals surface area contributed by atoms with Gasteiger partial charge < -0.3 is 30.1 Å². The van der Waals surface area contributed by atoms with Crippen molar-refractivity contribution in [2.24, 2.45) is 0 Å². The number of rotatable bonds is 7. The summed E-state index contributed by atoms with van der Waals surface area (Å²) >= 11 is 0. The topological polar surface area (TPSA) is 134 Å². The summed E-state index contributed by atoms with van der Waals surface area (Å²) in [6, 6.07) is 6.87. The van der Waals surface area contributed by atoms with Crippen LogP contribution < -0.4 is 10.6 Å². The van der Waals surface area contributed by atoms with Crippen LogP contribution in [0.2, 0.25) is 0 Å². The molecule has 0 bridgehead atoms. The van der Waals surface area contributed by atoms with Crippen molar-refractivity contribution in [2.75, 3.05) is 13.1 Å². The van der Waals surface area contributed by atoms with E-state index in [1.54, 1.807) is 32.9 Å². The number of benzene rings is 1. The van der Waals surface area contributed by atoms with E-state index < -0.39 is 41.7 Å². The van der Waals surface area contributed by atoms with Crippen molar-refractivity contribution < 1.29 is 33.8 Å². The number of carboxylic acids is 1. The highest BCUT2D eigenvalue weighted by atomic mass is 16.6. The van der Waals surface area contributed by atoms with Crippen LogP contribution in [0.4, 0.5) is 9.59 Å². The molecule has 10 heteroatoms. The van der Waals surface area contributed by atoms with Gasteiger partial charge in [0.2, 0.25) is 5.91 Å². The molecule has 1 aromatic carbocycles. The number of carbonyl (C=O) groups excluding carboxylic acids is 3. The highest BCUT2D eigenvalue weighted by molar-refractivity contribution is 5.90. The van der Waals surface area contributed by atoms with Crippen molar-refractivity contribution in [3.05, 3.63) is 35.9 Å². The van der Waals surface area contributed by atoms with Gasteiger partial charge in [-0.05, 0) is 39.2 Å². The van der Waals surface area contributed by atoms with Gasteiger partial charge in [-0.25, -0.2) is 14.4 Å². The van der Waals surface area contributed by atoms with Gasteiger partial charge in [0.15, 0.2) is 0 Å². The monoisotopic (exact) mass is 435 g/mol. The molecule has 10 nitrogen and oxygen atoms in total. The van der Waals surface area contributed by atoms with Gasteiger partial charge in [-0.15, -0.1) is 0 Å². The molecule has 170 valence electrons. The number of aliphatic carboxylic acids is 1. The van der Waals surface area contributed by atoms with Crippen LogP contribution in [0, 0.1) is 0 Å². The highest BCUT2D eigenvalue weighted by Crippen LogP contribution is 2.18. The summed E-state index contributed by atoms with van der Waals surface area (Å²) in [5.41, 5.74) is -0.00438. The van der Waals surface area contributed by atoms with Crippen LogP contribution in [0.5, 0.6) is 0 Å². The maximum atomic E-state index is 13.0. The maximum absolute atomic E-state index is 13.0. The number of nitrogens with zero attached hydrogens (tertiary/aromatic N) is 1. The van der Waals surface area contributed by atoms with Crippen LogP contribution in [0.3, 0.4) is 0 Å². The Morgan fingerprint density at radius 3 is 2.45 bits per heavy atom. The van der Waals surface area contributed by atoms with Crippen molar-refractivity contribution >= 4 is 24.1 Å². The zero-order valence-corrected chi connectivity index (χ0v) is 17.9. The van der Waals surface area contributed by atoms with Crippen molar-refractivity contribution in [1.29, 1.82) is 0 Å². The molecule has 0 aliphatic carbocycles. The second-order valence-corrected chi connectivity index (χ2v) is 8.17. The zero-order valence-electron chi connectivity index (χ0n) is 17.9. The number of hydrogen-bond acceptors (Lipinski definition) is 6. The Hall–Kier alpha value is -3.30. The van der Waals surface area contributed by atoms with E-state index in [1.807, 2.05) is 18.2 Å². The first-order valence-electron chi connectivity index (χ1n) is 10.0. The van der Waals surface area contributed by atoms with E-state index in [4.69, 9.17) is 9.47 Å². The molecule has 0 radical (unpaired) electrons. The molecule has 1 aliphatic heterocycles. The van der Waals surface area contributed by atoms with Gasteiger partial charge in [-0.2, -0.15) is 0 Å². The van der Waals surface area contributed by atoms with Crippen LogP contribution in [-0.2, 0) is 25.7 Å². The first-order chi connectivity index (χ1) is 14.6.